The standard InChI is InChI=1S/C26H50N2P2/c1-23(2,3)29(24(4,5)6)19-17-28(21-22-15-13-14-16-27-22)18-20-30(25(7,8)9)26(10,11)12/h13-16H,17-21H2,1-12H3. The van der Waals surface area contributed by atoms with Crippen LogP contribution in [0.5, 0.6) is 0 Å². The second kappa shape index (κ2) is 10.7. The summed E-state index contributed by atoms with van der Waals surface area (Å²) in [6, 6.07) is 6.32. The Bertz CT molecular complexity index is 552. The highest BCUT2D eigenvalue weighted by atomic mass is 31.1. The summed E-state index contributed by atoms with van der Waals surface area (Å²) in [6.45, 7) is 32.6. The van der Waals surface area contributed by atoms with E-state index in [4.69, 9.17) is 0 Å². The first-order valence-electron chi connectivity index (χ1n) is 11.6. The molecule has 0 saturated heterocycles. The Hall–Kier alpha value is -0.0300. The van der Waals surface area contributed by atoms with Crippen LogP contribution in [0.3, 0.4) is 0 Å². The van der Waals surface area contributed by atoms with Crippen molar-refractivity contribution in [2.45, 2.75) is 110 Å². The van der Waals surface area contributed by atoms with Gasteiger partial charge in [0.15, 0.2) is 0 Å². The van der Waals surface area contributed by atoms with E-state index in [1.165, 1.54) is 31.1 Å². The number of hydrogen-bond acceptors (Lipinski definition) is 2. The van der Waals surface area contributed by atoms with E-state index >= 15 is 0 Å². The van der Waals surface area contributed by atoms with Gasteiger partial charge in [-0.1, -0.05) is 105 Å². The van der Waals surface area contributed by atoms with Crippen LogP contribution in [0.15, 0.2) is 24.4 Å². The van der Waals surface area contributed by atoms with E-state index in [9.17, 15) is 0 Å². The van der Waals surface area contributed by atoms with Crippen molar-refractivity contribution >= 4 is 15.8 Å². The number of hydrogen-bond donors (Lipinski definition) is 0. The monoisotopic (exact) mass is 452 g/mol. The Kier molecular flexibility index (Phi) is 10.0. The molecule has 4 heteroatoms. The van der Waals surface area contributed by atoms with Crippen LogP contribution in [0.25, 0.3) is 0 Å². The highest BCUT2D eigenvalue weighted by Crippen LogP contribution is 2.60. The van der Waals surface area contributed by atoms with Crippen LogP contribution in [0, 0.1) is 0 Å². The first-order valence-corrected chi connectivity index (χ1v) is 14.7. The second-order valence-corrected chi connectivity index (χ2v) is 20.6. The molecule has 2 nitrogen and oxygen atoms in total. The molecule has 0 aliphatic carbocycles. The molecule has 0 atom stereocenters. The summed E-state index contributed by atoms with van der Waals surface area (Å²) in [4.78, 5) is 7.33. The fraction of sp³-hybridized carbons (Fsp3) is 0.808. The van der Waals surface area contributed by atoms with Gasteiger partial charge in [0.05, 0.1) is 5.69 Å². The predicted octanol–water partition coefficient (Wildman–Crippen LogP) is 8.04. The van der Waals surface area contributed by atoms with Crippen LogP contribution in [-0.4, -0.2) is 55.9 Å². The fourth-order valence-electron chi connectivity index (χ4n) is 4.83. The van der Waals surface area contributed by atoms with E-state index in [0.717, 1.165) is 6.54 Å². The van der Waals surface area contributed by atoms with E-state index in [1.807, 2.05) is 12.3 Å². The number of aromatic nitrogens is 1. The Morgan fingerprint density at radius 1 is 0.667 bits per heavy atom. The number of pyridine rings is 1. The molecule has 0 bridgehead atoms. The quantitative estimate of drug-likeness (QED) is 0.371. The molecule has 0 radical (unpaired) electrons. The maximum atomic E-state index is 4.64. The van der Waals surface area contributed by atoms with E-state index in [2.05, 4.69) is 105 Å². The maximum absolute atomic E-state index is 4.64. The van der Waals surface area contributed by atoms with Crippen molar-refractivity contribution in [1.29, 1.82) is 0 Å². The van der Waals surface area contributed by atoms with Gasteiger partial charge >= 0.3 is 0 Å². The minimum Gasteiger partial charge on any atom is -0.297 e. The highest BCUT2D eigenvalue weighted by molar-refractivity contribution is 7.61. The average molecular weight is 453 g/mol. The minimum absolute atomic E-state index is 0.0779. The third-order valence-electron chi connectivity index (χ3n) is 5.63. The molecule has 1 aromatic rings. The van der Waals surface area contributed by atoms with Crippen LogP contribution in [0.4, 0.5) is 0 Å². The van der Waals surface area contributed by atoms with Gasteiger partial charge in [-0.15, -0.1) is 0 Å². The summed E-state index contributed by atoms with van der Waals surface area (Å²) in [6.07, 6.45) is 4.54. The third-order valence-corrected chi connectivity index (χ3v) is 13.4. The van der Waals surface area contributed by atoms with Crippen molar-refractivity contribution in [1.82, 2.24) is 9.88 Å². The van der Waals surface area contributed by atoms with Crippen molar-refractivity contribution in [3.8, 4) is 0 Å². The molecule has 0 saturated carbocycles. The molecule has 1 aromatic heterocycles. The molecule has 1 rings (SSSR count). The van der Waals surface area contributed by atoms with Gasteiger partial charge in [0.2, 0.25) is 0 Å². The normalized spacial score (nSPS) is 14.2. The molecule has 30 heavy (non-hydrogen) atoms. The molecule has 0 N–H and O–H groups in total. The van der Waals surface area contributed by atoms with Gasteiger partial charge in [-0.05, 0) is 45.1 Å². The van der Waals surface area contributed by atoms with Crippen LogP contribution in [0.2, 0.25) is 0 Å². The zero-order valence-corrected chi connectivity index (χ0v) is 23.9. The first kappa shape index (κ1) is 28.0. The molecule has 174 valence electrons. The average Bonchev–Trinajstić information content (AvgIpc) is 2.50. The van der Waals surface area contributed by atoms with Gasteiger partial charge < -0.3 is 0 Å². The lowest BCUT2D eigenvalue weighted by Gasteiger charge is -2.44. The molecular weight excluding hydrogens is 402 g/mol. The van der Waals surface area contributed by atoms with Crippen LogP contribution < -0.4 is 0 Å². The van der Waals surface area contributed by atoms with Gasteiger partial charge in [0.1, 0.15) is 0 Å². The Balaban J connectivity index is 2.99. The molecule has 0 aliphatic heterocycles. The lowest BCUT2D eigenvalue weighted by atomic mass is 10.2. The lowest BCUT2D eigenvalue weighted by Crippen LogP contribution is -2.36. The van der Waals surface area contributed by atoms with Crippen molar-refractivity contribution < 1.29 is 0 Å². The second-order valence-electron chi connectivity index (χ2n) is 12.6. The lowest BCUT2D eigenvalue weighted by molar-refractivity contribution is 0.294. The van der Waals surface area contributed by atoms with Crippen LogP contribution in [0.1, 0.15) is 88.8 Å². The predicted molar refractivity (Wildman–Crippen MR) is 142 cm³/mol. The summed E-state index contributed by atoms with van der Waals surface area (Å²) >= 11 is 0. The van der Waals surface area contributed by atoms with Crippen molar-refractivity contribution in [3.63, 3.8) is 0 Å². The molecular formula is C26H50N2P2. The molecule has 0 aliphatic rings. The number of nitrogens with zero attached hydrogens (tertiary/aromatic N) is 2. The number of rotatable bonds is 8. The van der Waals surface area contributed by atoms with Crippen molar-refractivity contribution in [3.05, 3.63) is 30.1 Å². The zero-order chi connectivity index (χ0) is 23.4. The van der Waals surface area contributed by atoms with E-state index < -0.39 is 0 Å². The molecule has 0 aromatic carbocycles. The highest BCUT2D eigenvalue weighted by Gasteiger charge is 2.36. The Labute approximate surface area is 191 Å². The molecule has 1 heterocycles. The van der Waals surface area contributed by atoms with E-state index in [-0.39, 0.29) is 15.8 Å². The maximum Gasteiger partial charge on any atom is 0.0543 e. The van der Waals surface area contributed by atoms with Gasteiger partial charge in [0, 0.05) is 25.8 Å². The first-order chi connectivity index (χ1) is 13.4. The van der Waals surface area contributed by atoms with Crippen molar-refractivity contribution in [2.75, 3.05) is 25.4 Å². The van der Waals surface area contributed by atoms with Crippen LogP contribution >= 0.6 is 15.8 Å². The fourth-order valence-corrected chi connectivity index (χ4v) is 12.5. The van der Waals surface area contributed by atoms with Gasteiger partial charge in [-0.3, -0.25) is 9.88 Å². The van der Waals surface area contributed by atoms with Crippen molar-refractivity contribution in [2.24, 2.45) is 0 Å². The van der Waals surface area contributed by atoms with Gasteiger partial charge in [-0.2, -0.15) is 0 Å². The minimum atomic E-state index is -0.0779. The van der Waals surface area contributed by atoms with Crippen LogP contribution in [-0.2, 0) is 6.54 Å². The summed E-state index contributed by atoms with van der Waals surface area (Å²) in [5.41, 5.74) is 1.20. The summed E-state index contributed by atoms with van der Waals surface area (Å²) in [7, 11) is -0.156. The third kappa shape index (κ3) is 9.63. The SMILES string of the molecule is CC(C)(C)P(CCN(CCP(C(C)(C)C)C(C)(C)C)Cc1ccccn1)C(C)(C)C. The molecule has 0 spiro atoms. The Morgan fingerprint density at radius 3 is 1.37 bits per heavy atom. The topological polar surface area (TPSA) is 16.1 Å². The summed E-state index contributed by atoms with van der Waals surface area (Å²) in [5, 5.41) is 1.53. The van der Waals surface area contributed by atoms with Gasteiger partial charge in [-0.25, -0.2) is 0 Å². The summed E-state index contributed by atoms with van der Waals surface area (Å²) < 4.78 is 0. The van der Waals surface area contributed by atoms with E-state index in [1.54, 1.807) is 0 Å². The molecule has 0 fully saturated rings. The smallest absolute Gasteiger partial charge is 0.0543 e. The summed E-state index contributed by atoms with van der Waals surface area (Å²) in [5.74, 6) is 0. The molecule has 0 amide bonds. The van der Waals surface area contributed by atoms with E-state index in [0.29, 0.717) is 20.6 Å². The Morgan fingerprint density at radius 2 is 1.07 bits per heavy atom. The largest absolute Gasteiger partial charge is 0.297 e. The molecule has 0 unspecified atom stereocenters. The van der Waals surface area contributed by atoms with Gasteiger partial charge in [0.25, 0.3) is 0 Å². The zero-order valence-electron chi connectivity index (χ0n) is 22.1.